The Hall–Kier alpha value is -3.64. The average Bonchev–Trinajstić information content (AvgIpc) is 3.80. The largest absolute Gasteiger partial charge is 0.497 e. The number of ether oxygens (including phenoxy) is 3. The lowest BCUT2D eigenvalue weighted by atomic mass is 9.88. The Morgan fingerprint density at radius 3 is 2.40 bits per heavy atom. The molecule has 2 heterocycles. The van der Waals surface area contributed by atoms with Gasteiger partial charge in [0.2, 0.25) is 0 Å². The van der Waals surface area contributed by atoms with Crippen LogP contribution in [0.2, 0.25) is 25.7 Å². The number of carbonyl (C=O) groups is 2. The van der Waals surface area contributed by atoms with Crippen molar-refractivity contribution in [3.05, 3.63) is 35.8 Å². The number of hydrogen-bond donors (Lipinski definition) is 2. The summed E-state index contributed by atoms with van der Waals surface area (Å²) >= 11 is 0. The van der Waals surface area contributed by atoms with Gasteiger partial charge in [-0.2, -0.15) is 0 Å². The van der Waals surface area contributed by atoms with Crippen LogP contribution in [0.25, 0.3) is 22.3 Å². The Morgan fingerprint density at radius 1 is 1.08 bits per heavy atom. The van der Waals surface area contributed by atoms with Crippen LogP contribution in [-0.4, -0.2) is 82.6 Å². The van der Waals surface area contributed by atoms with Crippen molar-refractivity contribution >= 4 is 31.1 Å². The highest BCUT2D eigenvalue weighted by molar-refractivity contribution is 6.76. The summed E-state index contributed by atoms with van der Waals surface area (Å²) in [5.74, 6) is 1.74. The second kappa shape index (κ2) is 14.5. The molecule has 2 aliphatic carbocycles. The number of rotatable bonds is 13. The number of benzene rings is 1. The van der Waals surface area contributed by atoms with Crippen LogP contribution in [0.4, 0.5) is 4.79 Å². The molecule has 2 fully saturated rings. The second-order valence-electron chi connectivity index (χ2n) is 15.6. The van der Waals surface area contributed by atoms with Crippen molar-refractivity contribution < 1.29 is 28.9 Å². The summed E-state index contributed by atoms with van der Waals surface area (Å²) in [6, 6.07) is 6.62. The van der Waals surface area contributed by atoms with Gasteiger partial charge in [-0.1, -0.05) is 19.6 Å². The first kappa shape index (κ1) is 35.7. The molecule has 5 rings (SSSR count). The standard InChI is InChI=1S/C36H53N5O6Si/c1-23-30(34(42)39-25-11-13-26(14-12-25)41(35(43)44)36(2,3)4)32-33(40(23)22-46-17-18-48(6,7)8)31(37-21-38-32)28-16-15-27(45-5)19-29(28)47-20-24-9-10-24/h15-16,19,21,24-26H,9-14,17-18,20,22H2,1-8H3,(H,39,42)(H,43,44)/t25-,26+. The van der Waals surface area contributed by atoms with Crippen LogP contribution in [0.5, 0.6) is 11.5 Å². The molecular formula is C36H53N5O6Si. The third-order valence-corrected chi connectivity index (χ3v) is 11.2. The highest BCUT2D eigenvalue weighted by Crippen LogP contribution is 2.39. The van der Waals surface area contributed by atoms with Gasteiger partial charge in [-0.3, -0.25) is 4.79 Å². The molecule has 3 aromatic rings. The normalized spacial score (nSPS) is 18.5. The molecule has 262 valence electrons. The van der Waals surface area contributed by atoms with Gasteiger partial charge < -0.3 is 34.1 Å². The SMILES string of the molecule is COc1ccc(-c2ncnc3c(C(=O)N[C@H]4CC[C@@H](N(C(=O)O)C(C)(C)C)CC4)c(C)n(COCC[Si](C)(C)C)c23)c(OCC2CC2)c1. The lowest BCUT2D eigenvalue weighted by molar-refractivity contribution is 0.0519. The highest BCUT2D eigenvalue weighted by atomic mass is 28.3. The first-order chi connectivity index (χ1) is 22.7. The van der Waals surface area contributed by atoms with Gasteiger partial charge in [0.15, 0.2) is 0 Å². The summed E-state index contributed by atoms with van der Waals surface area (Å²) in [6.45, 7) is 16.2. The van der Waals surface area contributed by atoms with E-state index in [1.54, 1.807) is 12.0 Å². The summed E-state index contributed by atoms with van der Waals surface area (Å²) in [7, 11) is 0.328. The van der Waals surface area contributed by atoms with Crippen molar-refractivity contribution in [2.75, 3.05) is 20.3 Å². The number of nitrogens with zero attached hydrogens (tertiary/aromatic N) is 4. The summed E-state index contributed by atoms with van der Waals surface area (Å²) in [5.41, 5.74) is 3.52. The Morgan fingerprint density at radius 2 is 1.79 bits per heavy atom. The molecule has 0 radical (unpaired) electrons. The molecule has 2 saturated carbocycles. The zero-order chi connectivity index (χ0) is 34.8. The smallest absolute Gasteiger partial charge is 0.407 e. The molecule has 12 heteroatoms. The maximum absolute atomic E-state index is 14.1. The van der Waals surface area contributed by atoms with Crippen LogP contribution >= 0.6 is 0 Å². The number of carboxylic acid groups (broad SMARTS) is 1. The van der Waals surface area contributed by atoms with Gasteiger partial charge in [0.1, 0.15) is 35.8 Å². The van der Waals surface area contributed by atoms with Gasteiger partial charge in [-0.05, 0) is 90.3 Å². The molecule has 0 saturated heterocycles. The van der Waals surface area contributed by atoms with Crippen LogP contribution in [-0.2, 0) is 11.5 Å². The van der Waals surface area contributed by atoms with Crippen LogP contribution in [0, 0.1) is 12.8 Å². The number of nitrogens with one attached hydrogen (secondary N) is 1. The van der Waals surface area contributed by atoms with E-state index in [1.165, 1.54) is 19.2 Å². The van der Waals surface area contributed by atoms with Gasteiger partial charge in [0, 0.05) is 49.6 Å². The minimum atomic E-state index is -1.31. The third kappa shape index (κ3) is 8.31. The third-order valence-electron chi connectivity index (χ3n) is 9.48. The van der Waals surface area contributed by atoms with Crippen LogP contribution in [0.1, 0.15) is 75.3 Å². The predicted octanol–water partition coefficient (Wildman–Crippen LogP) is 7.34. The fraction of sp³-hybridized carbons (Fsp3) is 0.611. The Kier molecular flexibility index (Phi) is 10.7. The minimum absolute atomic E-state index is 0.0690. The summed E-state index contributed by atoms with van der Waals surface area (Å²) in [4.78, 5) is 37.2. The van der Waals surface area contributed by atoms with Gasteiger partial charge in [0.05, 0.1) is 24.8 Å². The number of carbonyl (C=O) groups excluding carboxylic acids is 1. The molecule has 2 aliphatic rings. The van der Waals surface area contributed by atoms with E-state index in [9.17, 15) is 14.7 Å². The van der Waals surface area contributed by atoms with Gasteiger partial charge in [0.25, 0.3) is 5.91 Å². The minimum Gasteiger partial charge on any atom is -0.497 e. The van der Waals surface area contributed by atoms with E-state index in [4.69, 9.17) is 19.2 Å². The van der Waals surface area contributed by atoms with E-state index >= 15 is 0 Å². The molecule has 2 amide bonds. The number of fused-ring (bicyclic) bond motifs is 1. The number of methoxy groups -OCH3 is 1. The van der Waals surface area contributed by atoms with E-state index in [1.807, 2.05) is 50.5 Å². The van der Waals surface area contributed by atoms with E-state index in [0.29, 0.717) is 73.1 Å². The fourth-order valence-corrected chi connectivity index (χ4v) is 7.38. The number of amides is 2. The van der Waals surface area contributed by atoms with Crippen molar-refractivity contribution in [1.82, 2.24) is 24.8 Å². The van der Waals surface area contributed by atoms with Crippen molar-refractivity contribution in [2.24, 2.45) is 5.92 Å². The highest BCUT2D eigenvalue weighted by Gasteiger charge is 2.36. The van der Waals surface area contributed by atoms with Crippen LogP contribution in [0.3, 0.4) is 0 Å². The Labute approximate surface area is 285 Å². The van der Waals surface area contributed by atoms with Crippen molar-refractivity contribution in [3.63, 3.8) is 0 Å². The molecule has 2 N–H and O–H groups in total. The van der Waals surface area contributed by atoms with E-state index in [-0.39, 0.29) is 24.7 Å². The predicted molar refractivity (Wildman–Crippen MR) is 190 cm³/mol. The van der Waals surface area contributed by atoms with Crippen molar-refractivity contribution in [2.45, 2.75) is 116 Å². The molecule has 11 nitrogen and oxygen atoms in total. The molecule has 0 spiro atoms. The Bertz CT molecular complexity index is 1620. The van der Waals surface area contributed by atoms with Crippen molar-refractivity contribution in [3.8, 4) is 22.8 Å². The zero-order valence-corrected chi connectivity index (χ0v) is 30.9. The van der Waals surface area contributed by atoms with Gasteiger partial charge in [-0.25, -0.2) is 14.8 Å². The topological polar surface area (TPSA) is 128 Å². The average molecular weight is 680 g/mol. The maximum atomic E-state index is 14.1. The summed E-state index contributed by atoms with van der Waals surface area (Å²) in [5, 5.41) is 13.2. The molecule has 0 aliphatic heterocycles. The lowest BCUT2D eigenvalue weighted by Gasteiger charge is -2.42. The second-order valence-corrected chi connectivity index (χ2v) is 21.2. The number of hydrogen-bond acceptors (Lipinski definition) is 7. The first-order valence-electron chi connectivity index (χ1n) is 17.2. The molecule has 2 aromatic heterocycles. The molecule has 0 unspecified atom stereocenters. The molecular weight excluding hydrogens is 627 g/mol. The Balaban J connectivity index is 1.47. The van der Waals surface area contributed by atoms with Crippen LogP contribution < -0.4 is 14.8 Å². The van der Waals surface area contributed by atoms with Crippen LogP contribution in [0.15, 0.2) is 24.5 Å². The monoisotopic (exact) mass is 679 g/mol. The maximum Gasteiger partial charge on any atom is 0.407 e. The molecule has 0 bridgehead atoms. The van der Waals surface area contributed by atoms with E-state index < -0.39 is 19.7 Å². The van der Waals surface area contributed by atoms with E-state index in [0.717, 1.165) is 22.8 Å². The van der Waals surface area contributed by atoms with Gasteiger partial charge >= 0.3 is 6.09 Å². The molecule has 48 heavy (non-hydrogen) atoms. The van der Waals surface area contributed by atoms with Crippen molar-refractivity contribution in [1.29, 1.82) is 0 Å². The molecule has 1 aromatic carbocycles. The number of aromatic nitrogens is 3. The quantitative estimate of drug-likeness (QED) is 0.142. The summed E-state index contributed by atoms with van der Waals surface area (Å²) in [6.07, 6.45) is 5.71. The zero-order valence-electron chi connectivity index (χ0n) is 29.9. The van der Waals surface area contributed by atoms with E-state index in [2.05, 4.69) is 29.9 Å². The first-order valence-corrected chi connectivity index (χ1v) is 20.9. The fourth-order valence-electron chi connectivity index (χ4n) is 6.62. The summed E-state index contributed by atoms with van der Waals surface area (Å²) < 4.78 is 20.1. The molecule has 0 atom stereocenters. The lowest BCUT2D eigenvalue weighted by Crippen LogP contribution is -2.53. The van der Waals surface area contributed by atoms with Gasteiger partial charge in [-0.15, -0.1) is 0 Å².